The molecule has 3 rings (SSSR count). The molecule has 132 valence electrons. The van der Waals surface area contributed by atoms with Crippen LogP contribution in [0.4, 0.5) is 5.69 Å². The second kappa shape index (κ2) is 6.64. The van der Waals surface area contributed by atoms with Crippen LogP contribution in [-0.4, -0.2) is 29.0 Å². The summed E-state index contributed by atoms with van der Waals surface area (Å²) in [6.45, 7) is 7.02. The Morgan fingerprint density at radius 2 is 1.72 bits per heavy atom. The molecule has 4 nitrogen and oxygen atoms in total. The van der Waals surface area contributed by atoms with Crippen LogP contribution in [0.5, 0.6) is 0 Å². The van der Waals surface area contributed by atoms with Crippen molar-refractivity contribution in [1.82, 2.24) is 0 Å². The van der Waals surface area contributed by atoms with E-state index in [0.717, 1.165) is 5.56 Å². The van der Waals surface area contributed by atoms with Gasteiger partial charge in [-0.15, -0.1) is 0 Å². The van der Waals surface area contributed by atoms with Crippen molar-refractivity contribution in [2.75, 3.05) is 12.9 Å². The van der Waals surface area contributed by atoms with E-state index in [1.165, 1.54) is 0 Å². The van der Waals surface area contributed by atoms with Crippen LogP contribution in [0.25, 0.3) is 0 Å². The third kappa shape index (κ3) is 3.93. The summed E-state index contributed by atoms with van der Waals surface area (Å²) in [5.74, 6) is 0.586. The minimum Gasteiger partial charge on any atom is -0.475 e. The van der Waals surface area contributed by atoms with Crippen LogP contribution in [-0.2, 0) is 14.5 Å². The van der Waals surface area contributed by atoms with E-state index in [1.54, 1.807) is 6.26 Å². The molecule has 0 radical (unpaired) electrons. The molecule has 1 heterocycles. The topological polar surface area (TPSA) is 51.0 Å². The third-order valence-electron chi connectivity index (χ3n) is 4.24. The number of aliphatic imine (C=N–C) groups is 1. The molecule has 0 bridgehead atoms. The molecule has 0 N–H and O–H groups in total. The predicted octanol–water partition coefficient (Wildman–Crippen LogP) is 4.67. The van der Waals surface area contributed by atoms with Crippen LogP contribution < -0.4 is 0 Å². The Balaban J connectivity index is 2.04. The number of nitrogens with zero attached hydrogens (tertiary/aromatic N) is 2. The number of rotatable bonds is 3. The molecule has 0 fully saturated rings. The highest BCUT2D eigenvalue weighted by molar-refractivity contribution is 7.93. The summed E-state index contributed by atoms with van der Waals surface area (Å²) in [4.78, 5) is 5.45. The molecule has 5 heteroatoms. The van der Waals surface area contributed by atoms with Crippen molar-refractivity contribution in [3.8, 4) is 0 Å². The first-order valence-electron chi connectivity index (χ1n) is 8.34. The van der Waals surface area contributed by atoms with Gasteiger partial charge in [0.2, 0.25) is 5.90 Å². The molecule has 2 aromatic rings. The first-order valence-corrected chi connectivity index (χ1v) is 10.3. The average molecular weight is 356 g/mol. The maximum Gasteiger partial charge on any atom is 0.218 e. The van der Waals surface area contributed by atoms with Crippen LogP contribution in [0.3, 0.4) is 0 Å². The maximum atomic E-state index is 13.1. The molecular weight excluding hydrogens is 332 g/mol. The quantitative estimate of drug-likeness (QED) is 0.802. The van der Waals surface area contributed by atoms with Gasteiger partial charge in [-0.3, -0.25) is 0 Å². The van der Waals surface area contributed by atoms with Gasteiger partial charge in [0.05, 0.1) is 27.0 Å². The van der Waals surface area contributed by atoms with Gasteiger partial charge in [-0.05, 0) is 29.7 Å². The zero-order valence-electron chi connectivity index (χ0n) is 15.1. The van der Waals surface area contributed by atoms with E-state index in [0.29, 0.717) is 23.1 Å². The van der Waals surface area contributed by atoms with Crippen molar-refractivity contribution < 1.29 is 8.95 Å². The van der Waals surface area contributed by atoms with Crippen molar-refractivity contribution >= 4 is 21.3 Å². The second-order valence-corrected chi connectivity index (χ2v) is 9.61. The van der Waals surface area contributed by atoms with Crippen LogP contribution in [0.1, 0.15) is 26.3 Å². The van der Waals surface area contributed by atoms with E-state index in [1.807, 2.05) is 54.6 Å². The molecule has 0 aliphatic carbocycles. The van der Waals surface area contributed by atoms with Crippen molar-refractivity contribution in [2.24, 2.45) is 14.8 Å². The normalized spacial score (nSPS) is 19.7. The molecule has 1 aliphatic heterocycles. The second-order valence-electron chi connectivity index (χ2n) is 7.35. The van der Waals surface area contributed by atoms with Gasteiger partial charge in [-0.1, -0.05) is 51.1 Å². The molecule has 2 atom stereocenters. The SMILES string of the molecule is CC(C)(C)[C@H]1COC(c2ccccc2N=[S@@](C)(=O)c2ccccc2)=N1. The predicted molar refractivity (Wildman–Crippen MR) is 103 cm³/mol. The molecule has 0 saturated heterocycles. The number of ether oxygens (including phenoxy) is 1. The Bertz CT molecular complexity index is 905. The first-order chi connectivity index (χ1) is 11.8. The zero-order chi connectivity index (χ0) is 18.1. The molecule has 0 spiro atoms. The standard InChI is InChI=1S/C20H24N2O2S/c1-20(2,3)18-14-24-19(21-18)16-12-8-9-13-17(16)22-25(4,23)15-10-6-5-7-11-15/h5-13,18H,14H2,1-4H3/t18-,25+/m1/s1. The minimum atomic E-state index is -2.54. The average Bonchev–Trinajstić information content (AvgIpc) is 3.06. The fourth-order valence-electron chi connectivity index (χ4n) is 2.61. The van der Waals surface area contributed by atoms with Gasteiger partial charge in [0, 0.05) is 11.2 Å². The maximum absolute atomic E-state index is 13.1. The van der Waals surface area contributed by atoms with Gasteiger partial charge in [-0.25, -0.2) is 9.20 Å². The Hall–Kier alpha value is -2.14. The van der Waals surface area contributed by atoms with Crippen LogP contribution in [0.2, 0.25) is 0 Å². The van der Waals surface area contributed by atoms with Crippen molar-refractivity contribution in [3.63, 3.8) is 0 Å². The molecule has 1 aliphatic rings. The highest BCUT2D eigenvalue weighted by Gasteiger charge is 2.31. The van der Waals surface area contributed by atoms with Gasteiger partial charge >= 0.3 is 0 Å². The fourth-order valence-corrected chi connectivity index (χ4v) is 3.91. The number of benzene rings is 2. The van der Waals surface area contributed by atoms with E-state index >= 15 is 0 Å². The van der Waals surface area contributed by atoms with Crippen molar-refractivity contribution in [3.05, 3.63) is 60.2 Å². The third-order valence-corrected chi connectivity index (χ3v) is 5.93. The lowest BCUT2D eigenvalue weighted by molar-refractivity contribution is 0.236. The highest BCUT2D eigenvalue weighted by Crippen LogP contribution is 2.31. The highest BCUT2D eigenvalue weighted by atomic mass is 32.2. The molecule has 25 heavy (non-hydrogen) atoms. The zero-order valence-corrected chi connectivity index (χ0v) is 15.9. The Labute approximate surface area is 150 Å². The smallest absolute Gasteiger partial charge is 0.218 e. The lowest BCUT2D eigenvalue weighted by Gasteiger charge is -2.21. The lowest BCUT2D eigenvalue weighted by atomic mass is 9.88. The number of hydrogen-bond donors (Lipinski definition) is 0. The van der Waals surface area contributed by atoms with E-state index in [9.17, 15) is 4.21 Å². The largest absolute Gasteiger partial charge is 0.475 e. The van der Waals surface area contributed by atoms with Crippen molar-refractivity contribution in [2.45, 2.75) is 31.7 Å². The van der Waals surface area contributed by atoms with Crippen molar-refractivity contribution in [1.29, 1.82) is 0 Å². The van der Waals surface area contributed by atoms with Gasteiger partial charge in [-0.2, -0.15) is 4.36 Å². The van der Waals surface area contributed by atoms with Crippen LogP contribution in [0, 0.1) is 5.41 Å². The van der Waals surface area contributed by atoms with Gasteiger partial charge in [0.25, 0.3) is 0 Å². The van der Waals surface area contributed by atoms with Gasteiger partial charge < -0.3 is 4.74 Å². The molecule has 0 saturated carbocycles. The summed E-state index contributed by atoms with van der Waals surface area (Å²) in [6, 6.07) is 17.0. The lowest BCUT2D eigenvalue weighted by Crippen LogP contribution is -2.25. The van der Waals surface area contributed by atoms with Crippen LogP contribution >= 0.6 is 0 Å². The summed E-state index contributed by atoms with van der Waals surface area (Å²) >= 11 is 0. The summed E-state index contributed by atoms with van der Waals surface area (Å²) in [6.07, 6.45) is 1.66. The van der Waals surface area contributed by atoms with E-state index in [-0.39, 0.29) is 11.5 Å². The Kier molecular flexibility index (Phi) is 4.69. The number of hydrogen-bond acceptors (Lipinski definition) is 4. The Morgan fingerprint density at radius 1 is 1.08 bits per heavy atom. The summed E-state index contributed by atoms with van der Waals surface area (Å²) in [7, 11) is -2.54. The summed E-state index contributed by atoms with van der Waals surface area (Å²) in [5.41, 5.74) is 1.47. The van der Waals surface area contributed by atoms with Gasteiger partial charge in [0.15, 0.2) is 0 Å². The van der Waals surface area contributed by atoms with E-state index in [4.69, 9.17) is 9.73 Å². The van der Waals surface area contributed by atoms with E-state index < -0.39 is 9.73 Å². The molecular formula is C20H24N2O2S. The minimum absolute atomic E-state index is 0.0379. The molecule has 0 amide bonds. The van der Waals surface area contributed by atoms with Crippen LogP contribution in [0.15, 0.2) is 68.8 Å². The molecule has 0 unspecified atom stereocenters. The fraction of sp³-hybridized carbons (Fsp3) is 0.350. The monoisotopic (exact) mass is 356 g/mol. The summed E-state index contributed by atoms with van der Waals surface area (Å²) in [5, 5.41) is 0. The molecule has 2 aromatic carbocycles. The van der Waals surface area contributed by atoms with Gasteiger partial charge in [0.1, 0.15) is 6.61 Å². The van der Waals surface area contributed by atoms with E-state index in [2.05, 4.69) is 25.1 Å². The summed E-state index contributed by atoms with van der Waals surface area (Å²) < 4.78 is 23.5. The Morgan fingerprint density at radius 3 is 2.36 bits per heavy atom. The molecule has 0 aromatic heterocycles. The first kappa shape index (κ1) is 17.7.